The van der Waals surface area contributed by atoms with Gasteiger partial charge in [0.05, 0.1) is 18.1 Å². The van der Waals surface area contributed by atoms with Crippen molar-refractivity contribution in [3.8, 4) is 0 Å². The molecule has 0 aromatic heterocycles. The molecule has 0 aromatic rings. The van der Waals surface area contributed by atoms with Crippen LogP contribution in [0.4, 0.5) is 4.39 Å². The summed E-state index contributed by atoms with van der Waals surface area (Å²) in [5.74, 6) is -4.14. The van der Waals surface area contributed by atoms with E-state index in [1.165, 1.54) is 12.2 Å². The van der Waals surface area contributed by atoms with Crippen LogP contribution in [0.25, 0.3) is 0 Å². The van der Waals surface area contributed by atoms with Crippen LogP contribution in [0, 0.1) is 28.6 Å². The monoisotopic (exact) mass is 582 g/mol. The number of ketones is 2. The van der Waals surface area contributed by atoms with Crippen LogP contribution in [0.5, 0.6) is 0 Å². The normalized spacial score (nSPS) is 39.4. The molecule has 3 fully saturated rings. The molecule has 0 aliphatic heterocycles. The van der Waals surface area contributed by atoms with E-state index in [9.17, 15) is 29.4 Å². The smallest absolute Gasteiger partial charge is 0.325 e. The standard InChI is InChI=1S/C28H39FN2O10/c1-16-11-20-19-7-6-17-12-18(32)8-9-25(17,2)27(19,29)21(33)13-26(20,3)28(16,37)22(34)15-40-24(36)14-30-23(35)5-4-10-41-31(38)39/h8-9,12,16,19-21,33,37-39H,4-7,10-11,13-15H2,1-3H3,(H,30,35)/t16-,19-,20-,21-,25-,26-,27-,28-/m0/s1. The lowest BCUT2D eigenvalue weighted by molar-refractivity contribution is -0.492. The Bertz CT molecular complexity index is 1160. The van der Waals surface area contributed by atoms with Gasteiger partial charge in [-0.15, -0.1) is 0 Å². The molecule has 41 heavy (non-hydrogen) atoms. The highest BCUT2D eigenvalue weighted by molar-refractivity contribution is 6.01. The van der Waals surface area contributed by atoms with Crippen LogP contribution in [0.2, 0.25) is 0 Å². The maximum Gasteiger partial charge on any atom is 0.325 e. The van der Waals surface area contributed by atoms with E-state index >= 15 is 4.39 Å². The van der Waals surface area contributed by atoms with E-state index in [1.54, 1.807) is 26.8 Å². The molecule has 0 unspecified atom stereocenters. The number of esters is 1. The number of aliphatic hydroxyl groups is 2. The minimum atomic E-state index is -2.10. The van der Waals surface area contributed by atoms with Crippen LogP contribution in [0.3, 0.4) is 0 Å². The summed E-state index contributed by atoms with van der Waals surface area (Å²) in [7, 11) is 0. The number of fused-ring (bicyclic) bond motifs is 5. The molecule has 0 saturated heterocycles. The van der Waals surface area contributed by atoms with E-state index in [1.807, 2.05) is 0 Å². The molecule has 0 radical (unpaired) electrons. The molecule has 4 aliphatic carbocycles. The number of halogens is 1. The fourth-order valence-corrected chi connectivity index (χ4v) is 8.09. The van der Waals surface area contributed by atoms with Gasteiger partial charge in [0.15, 0.2) is 18.1 Å². The molecule has 4 rings (SSSR count). The molecule has 0 bridgehead atoms. The number of ether oxygens (including phenoxy) is 1. The van der Waals surface area contributed by atoms with Crippen molar-refractivity contribution in [1.29, 1.82) is 0 Å². The second kappa shape index (κ2) is 11.3. The summed E-state index contributed by atoms with van der Waals surface area (Å²) in [6.07, 6.45) is 3.81. The summed E-state index contributed by atoms with van der Waals surface area (Å²) < 4.78 is 22.3. The number of alkyl halides is 1. The number of amides is 1. The lowest BCUT2D eigenvalue weighted by Gasteiger charge is -2.62. The fraction of sp³-hybridized carbons (Fsp3) is 0.714. The first kappa shape index (κ1) is 31.4. The van der Waals surface area contributed by atoms with Crippen LogP contribution in [-0.2, 0) is 28.8 Å². The highest BCUT2D eigenvalue weighted by Gasteiger charge is 2.75. The quantitative estimate of drug-likeness (QED) is 0.142. The molecule has 0 heterocycles. The second-order valence-corrected chi connectivity index (χ2v) is 12.2. The van der Waals surface area contributed by atoms with Gasteiger partial charge < -0.3 is 20.3 Å². The predicted octanol–water partition coefficient (Wildman–Crippen LogP) is 1.36. The van der Waals surface area contributed by atoms with E-state index in [-0.39, 0.29) is 31.7 Å². The van der Waals surface area contributed by atoms with Gasteiger partial charge in [0, 0.05) is 23.2 Å². The van der Waals surface area contributed by atoms with Crippen molar-refractivity contribution in [1.82, 2.24) is 10.7 Å². The SMILES string of the molecule is C[C@H]1C[C@H]2[C@@H]3CCC4=CC(=O)C=C[C@]4(C)[C@@]3(F)[C@@H](O)C[C@]2(C)[C@@]1(O)C(=O)COC(=O)CNC(=O)CCCON(O)O. The zero-order valence-electron chi connectivity index (χ0n) is 23.5. The molecule has 3 saturated carbocycles. The van der Waals surface area contributed by atoms with Gasteiger partial charge in [-0.1, -0.05) is 25.5 Å². The Labute approximate surface area is 237 Å². The van der Waals surface area contributed by atoms with Crippen molar-refractivity contribution in [2.24, 2.45) is 28.6 Å². The minimum absolute atomic E-state index is 0.0704. The number of hydrogen-bond acceptors (Lipinski definition) is 11. The van der Waals surface area contributed by atoms with E-state index in [2.05, 4.69) is 10.2 Å². The third-order valence-electron chi connectivity index (χ3n) is 10.2. The van der Waals surface area contributed by atoms with Gasteiger partial charge >= 0.3 is 5.97 Å². The molecule has 4 aliphatic rings. The third-order valence-corrected chi connectivity index (χ3v) is 10.2. The van der Waals surface area contributed by atoms with Gasteiger partial charge in [0.2, 0.25) is 11.7 Å². The van der Waals surface area contributed by atoms with Gasteiger partial charge in [0.25, 0.3) is 0 Å². The first-order valence-electron chi connectivity index (χ1n) is 13.9. The van der Waals surface area contributed by atoms with Gasteiger partial charge in [-0.3, -0.25) is 34.4 Å². The van der Waals surface area contributed by atoms with Crippen molar-refractivity contribution in [2.45, 2.75) is 76.7 Å². The number of hydrogen-bond donors (Lipinski definition) is 5. The topological polar surface area (TPSA) is 183 Å². The maximum atomic E-state index is 17.2. The number of carbonyl (C=O) groups is 4. The lowest BCUT2D eigenvalue weighted by atomic mass is 9.44. The first-order chi connectivity index (χ1) is 19.1. The summed E-state index contributed by atoms with van der Waals surface area (Å²) in [6.45, 7) is 3.64. The molecular formula is C28H39FN2O10. The van der Waals surface area contributed by atoms with Gasteiger partial charge in [-0.25, -0.2) is 4.39 Å². The van der Waals surface area contributed by atoms with Crippen LogP contribution in [0.1, 0.15) is 59.3 Å². The predicted molar refractivity (Wildman–Crippen MR) is 137 cm³/mol. The highest BCUT2D eigenvalue weighted by Crippen LogP contribution is 2.70. The van der Waals surface area contributed by atoms with Crippen LogP contribution >= 0.6 is 0 Å². The van der Waals surface area contributed by atoms with Gasteiger partial charge in [-0.05, 0) is 63.0 Å². The Morgan fingerprint density at radius 2 is 1.93 bits per heavy atom. The zero-order valence-corrected chi connectivity index (χ0v) is 23.5. The van der Waals surface area contributed by atoms with Crippen LogP contribution in [0.15, 0.2) is 23.8 Å². The molecule has 12 nitrogen and oxygen atoms in total. The Kier molecular flexibility index (Phi) is 8.63. The molecule has 228 valence electrons. The van der Waals surface area contributed by atoms with Crippen molar-refractivity contribution >= 4 is 23.4 Å². The van der Waals surface area contributed by atoms with E-state index in [0.717, 1.165) is 0 Å². The van der Waals surface area contributed by atoms with E-state index in [0.29, 0.717) is 24.8 Å². The average molecular weight is 583 g/mol. The summed E-state index contributed by atoms with van der Waals surface area (Å²) >= 11 is 0. The molecular weight excluding hydrogens is 543 g/mol. The van der Waals surface area contributed by atoms with E-state index < -0.39 is 82.2 Å². The minimum Gasteiger partial charge on any atom is -0.456 e. The number of carbonyl (C=O) groups excluding carboxylic acids is 4. The van der Waals surface area contributed by atoms with Crippen molar-refractivity contribution < 1.29 is 53.8 Å². The molecule has 5 N–H and O–H groups in total. The van der Waals surface area contributed by atoms with Gasteiger partial charge in [0.1, 0.15) is 12.1 Å². The largest absolute Gasteiger partial charge is 0.456 e. The van der Waals surface area contributed by atoms with Crippen molar-refractivity contribution in [3.05, 3.63) is 23.8 Å². The summed E-state index contributed by atoms with van der Waals surface area (Å²) in [5.41, 5.74) is -5.84. The Morgan fingerprint density at radius 3 is 2.61 bits per heavy atom. The average Bonchev–Trinajstić information content (AvgIpc) is 3.11. The van der Waals surface area contributed by atoms with Crippen molar-refractivity contribution in [3.63, 3.8) is 0 Å². The molecule has 0 aromatic carbocycles. The summed E-state index contributed by atoms with van der Waals surface area (Å²) in [6, 6.07) is 0. The number of Topliss-reactive ketones (excluding diaryl/α,β-unsaturated/α-hetero) is 1. The lowest BCUT2D eigenvalue weighted by Crippen LogP contribution is -2.69. The zero-order chi connectivity index (χ0) is 30.4. The second-order valence-electron chi connectivity index (χ2n) is 12.2. The number of nitrogens with one attached hydrogen (secondary N) is 1. The number of allylic oxidation sites excluding steroid dienone is 4. The fourth-order valence-electron chi connectivity index (χ4n) is 8.09. The summed E-state index contributed by atoms with van der Waals surface area (Å²) in [5, 5.41) is 42.0. The highest BCUT2D eigenvalue weighted by atomic mass is 19.1. The molecule has 8 atom stereocenters. The maximum absolute atomic E-state index is 17.2. The van der Waals surface area contributed by atoms with Gasteiger partial charge in [-0.2, -0.15) is 0 Å². The Balaban J connectivity index is 1.42. The van der Waals surface area contributed by atoms with Crippen molar-refractivity contribution in [2.75, 3.05) is 19.8 Å². The summed E-state index contributed by atoms with van der Waals surface area (Å²) in [4.78, 5) is 53.9. The molecule has 0 spiro atoms. The molecule has 1 amide bonds. The first-order valence-corrected chi connectivity index (χ1v) is 13.9. The Hall–Kier alpha value is -2.55. The number of nitrogens with zero attached hydrogens (tertiary/aromatic N) is 1. The Morgan fingerprint density at radius 1 is 1.22 bits per heavy atom. The number of rotatable bonds is 10. The number of aliphatic hydroxyl groups excluding tert-OH is 1. The third kappa shape index (κ3) is 5.06. The van der Waals surface area contributed by atoms with E-state index in [4.69, 9.17) is 15.2 Å². The van der Waals surface area contributed by atoms with Crippen LogP contribution in [-0.4, -0.2) is 86.6 Å². The molecule has 13 heteroatoms. The van der Waals surface area contributed by atoms with Crippen LogP contribution < -0.4 is 5.32 Å².